The molecule has 20 heavy (non-hydrogen) atoms. The summed E-state index contributed by atoms with van der Waals surface area (Å²) in [6.45, 7) is 3.46. The van der Waals surface area contributed by atoms with Gasteiger partial charge in [0.25, 0.3) is 0 Å². The van der Waals surface area contributed by atoms with Gasteiger partial charge >= 0.3 is 6.03 Å². The van der Waals surface area contributed by atoms with Crippen molar-refractivity contribution in [2.45, 2.75) is 39.2 Å². The lowest BCUT2D eigenvalue weighted by Crippen LogP contribution is -2.48. The lowest BCUT2D eigenvalue weighted by molar-refractivity contribution is 0.0456. The number of carbonyl (C=O) groups is 1. The maximum atomic E-state index is 11.8. The summed E-state index contributed by atoms with van der Waals surface area (Å²) in [6.07, 6.45) is 5.87. The molecule has 1 saturated carbocycles. The van der Waals surface area contributed by atoms with Gasteiger partial charge < -0.3 is 20.2 Å². The predicted octanol–water partition coefficient (Wildman–Crippen LogP) is 2.27. The van der Waals surface area contributed by atoms with Crippen LogP contribution in [-0.4, -0.2) is 24.3 Å². The van der Waals surface area contributed by atoms with E-state index in [-0.39, 0.29) is 18.1 Å². The van der Waals surface area contributed by atoms with E-state index in [4.69, 9.17) is 9.52 Å². The second-order valence-corrected chi connectivity index (χ2v) is 5.74. The molecule has 2 rings (SSSR count). The molecule has 1 atom stereocenters. The minimum absolute atomic E-state index is 0.163. The average Bonchev–Trinajstić information content (AvgIpc) is 2.88. The first kappa shape index (κ1) is 14.9. The van der Waals surface area contributed by atoms with Crippen LogP contribution in [0.15, 0.2) is 22.8 Å². The van der Waals surface area contributed by atoms with Crippen LogP contribution in [-0.2, 0) is 6.54 Å². The zero-order valence-corrected chi connectivity index (χ0v) is 12.0. The van der Waals surface area contributed by atoms with Crippen LogP contribution in [0.4, 0.5) is 4.79 Å². The van der Waals surface area contributed by atoms with Gasteiger partial charge in [-0.25, -0.2) is 4.79 Å². The number of carbonyl (C=O) groups excluding carboxylic acids is 1. The number of amides is 2. The zero-order chi connectivity index (χ0) is 14.4. The molecule has 0 bridgehead atoms. The molecule has 2 amide bonds. The van der Waals surface area contributed by atoms with E-state index < -0.39 is 0 Å². The van der Waals surface area contributed by atoms with Crippen molar-refractivity contribution in [3.63, 3.8) is 0 Å². The Bertz CT molecular complexity index is 413. The highest BCUT2D eigenvalue weighted by atomic mass is 16.3. The van der Waals surface area contributed by atoms with Crippen LogP contribution in [0.3, 0.4) is 0 Å². The lowest BCUT2D eigenvalue weighted by Gasteiger charge is -2.46. The fraction of sp³-hybridized carbons (Fsp3) is 0.667. The Morgan fingerprint density at radius 1 is 1.50 bits per heavy atom. The van der Waals surface area contributed by atoms with Crippen molar-refractivity contribution in [1.29, 1.82) is 0 Å². The topological polar surface area (TPSA) is 74.5 Å². The molecular weight excluding hydrogens is 256 g/mol. The van der Waals surface area contributed by atoms with Crippen LogP contribution in [0.1, 0.15) is 38.4 Å². The van der Waals surface area contributed by atoms with Gasteiger partial charge in [-0.2, -0.15) is 0 Å². The Labute approximate surface area is 119 Å². The summed E-state index contributed by atoms with van der Waals surface area (Å²) >= 11 is 0. The fourth-order valence-electron chi connectivity index (χ4n) is 2.87. The summed E-state index contributed by atoms with van der Waals surface area (Å²) < 4.78 is 5.16. The van der Waals surface area contributed by atoms with E-state index in [9.17, 15) is 4.79 Å². The van der Waals surface area contributed by atoms with Gasteiger partial charge in [-0.1, -0.05) is 13.3 Å². The quantitative estimate of drug-likeness (QED) is 0.717. The Morgan fingerprint density at radius 3 is 2.85 bits per heavy atom. The summed E-state index contributed by atoms with van der Waals surface area (Å²) in [5.41, 5.74) is 0.171. The van der Waals surface area contributed by atoms with Crippen molar-refractivity contribution >= 4 is 6.03 Å². The van der Waals surface area contributed by atoms with Crippen LogP contribution >= 0.6 is 0 Å². The second-order valence-electron chi connectivity index (χ2n) is 5.74. The summed E-state index contributed by atoms with van der Waals surface area (Å²) in [4.78, 5) is 11.8. The van der Waals surface area contributed by atoms with Gasteiger partial charge in [0.1, 0.15) is 5.76 Å². The highest BCUT2D eigenvalue weighted by Crippen LogP contribution is 2.47. The Kier molecular flexibility index (Phi) is 5.06. The number of furan rings is 1. The molecule has 1 aromatic heterocycles. The number of aliphatic hydroxyl groups excluding tert-OH is 1. The molecule has 0 saturated heterocycles. The van der Waals surface area contributed by atoms with Crippen LogP contribution in [0.5, 0.6) is 0 Å². The van der Waals surface area contributed by atoms with Crippen LogP contribution in [0, 0.1) is 11.3 Å². The summed E-state index contributed by atoms with van der Waals surface area (Å²) in [6, 6.07) is 3.47. The predicted molar refractivity (Wildman–Crippen MR) is 76.1 cm³/mol. The largest absolute Gasteiger partial charge is 0.467 e. The van der Waals surface area contributed by atoms with E-state index in [0.717, 1.165) is 25.0 Å². The third-order valence-corrected chi connectivity index (χ3v) is 4.56. The van der Waals surface area contributed by atoms with Crippen molar-refractivity contribution in [3.8, 4) is 0 Å². The molecule has 1 aliphatic rings. The Balaban J connectivity index is 1.74. The molecule has 0 aromatic carbocycles. The first-order valence-corrected chi connectivity index (χ1v) is 7.31. The van der Waals surface area contributed by atoms with E-state index in [1.807, 2.05) is 6.07 Å². The van der Waals surface area contributed by atoms with Gasteiger partial charge in [0, 0.05) is 13.2 Å². The first-order chi connectivity index (χ1) is 9.66. The first-order valence-electron chi connectivity index (χ1n) is 7.31. The minimum atomic E-state index is -0.163. The van der Waals surface area contributed by atoms with Gasteiger partial charge in [-0.05, 0) is 42.7 Å². The van der Waals surface area contributed by atoms with Gasteiger partial charge in [0.2, 0.25) is 0 Å². The molecular formula is C15H24N2O3. The lowest BCUT2D eigenvalue weighted by atomic mass is 9.60. The highest BCUT2D eigenvalue weighted by molar-refractivity contribution is 5.73. The number of hydrogen-bond acceptors (Lipinski definition) is 3. The smallest absolute Gasteiger partial charge is 0.315 e. The molecule has 0 radical (unpaired) electrons. The van der Waals surface area contributed by atoms with Crippen molar-refractivity contribution in [2.24, 2.45) is 11.3 Å². The van der Waals surface area contributed by atoms with Gasteiger partial charge in [-0.3, -0.25) is 0 Å². The summed E-state index contributed by atoms with van der Waals surface area (Å²) in [5.74, 6) is 1.18. The molecule has 3 N–H and O–H groups in total. The molecule has 5 nitrogen and oxygen atoms in total. The van der Waals surface area contributed by atoms with Gasteiger partial charge in [0.15, 0.2) is 0 Å². The molecule has 0 spiro atoms. The van der Waals surface area contributed by atoms with Gasteiger partial charge in [0.05, 0.1) is 12.8 Å². The third-order valence-electron chi connectivity index (χ3n) is 4.56. The van der Waals surface area contributed by atoms with E-state index >= 15 is 0 Å². The maximum absolute atomic E-state index is 11.8. The second kappa shape index (κ2) is 6.79. The average molecular weight is 280 g/mol. The Hall–Kier alpha value is -1.49. The van der Waals surface area contributed by atoms with Crippen molar-refractivity contribution in [3.05, 3.63) is 24.2 Å². The van der Waals surface area contributed by atoms with Crippen molar-refractivity contribution < 1.29 is 14.3 Å². The summed E-state index contributed by atoms with van der Waals surface area (Å²) in [5, 5.41) is 14.8. The van der Waals surface area contributed by atoms with E-state index in [0.29, 0.717) is 19.0 Å². The third kappa shape index (κ3) is 3.54. The fourth-order valence-corrected chi connectivity index (χ4v) is 2.87. The highest BCUT2D eigenvalue weighted by Gasteiger charge is 2.41. The zero-order valence-electron chi connectivity index (χ0n) is 12.0. The number of nitrogens with one attached hydrogen (secondary N) is 2. The molecule has 1 fully saturated rings. The molecule has 112 valence electrons. The van der Waals surface area contributed by atoms with Crippen molar-refractivity contribution in [2.75, 3.05) is 13.2 Å². The standard InChI is InChI=1S/C15H24N2O3/c1-12(5-8-18)15(6-3-7-15)11-17-14(19)16-10-13-4-2-9-20-13/h2,4,9,12,18H,3,5-8,10-11H2,1H3,(H2,16,17,19)/t12-/m0/s1. The number of aliphatic hydroxyl groups is 1. The number of hydrogen-bond donors (Lipinski definition) is 3. The van der Waals surface area contributed by atoms with E-state index in [1.165, 1.54) is 6.42 Å². The van der Waals surface area contributed by atoms with Crippen LogP contribution < -0.4 is 10.6 Å². The van der Waals surface area contributed by atoms with Crippen LogP contribution in [0.2, 0.25) is 0 Å². The molecule has 5 heteroatoms. The molecule has 1 heterocycles. The van der Waals surface area contributed by atoms with Crippen LogP contribution in [0.25, 0.3) is 0 Å². The number of urea groups is 1. The molecule has 1 aromatic rings. The number of rotatable bonds is 7. The molecule has 1 aliphatic carbocycles. The SMILES string of the molecule is C[C@@H](CCO)C1(CNC(=O)NCc2ccco2)CCC1. The van der Waals surface area contributed by atoms with Crippen molar-refractivity contribution in [1.82, 2.24) is 10.6 Å². The molecule has 0 aliphatic heterocycles. The Morgan fingerprint density at radius 2 is 2.30 bits per heavy atom. The van der Waals surface area contributed by atoms with Gasteiger partial charge in [-0.15, -0.1) is 0 Å². The molecule has 0 unspecified atom stereocenters. The van der Waals surface area contributed by atoms with E-state index in [2.05, 4.69) is 17.6 Å². The minimum Gasteiger partial charge on any atom is -0.467 e. The maximum Gasteiger partial charge on any atom is 0.315 e. The van der Waals surface area contributed by atoms with E-state index in [1.54, 1.807) is 12.3 Å². The monoisotopic (exact) mass is 280 g/mol. The summed E-state index contributed by atoms with van der Waals surface area (Å²) in [7, 11) is 0. The normalized spacial score (nSPS) is 18.1.